The van der Waals surface area contributed by atoms with Gasteiger partial charge in [0.15, 0.2) is 0 Å². The number of rotatable bonds is 6. The zero-order chi connectivity index (χ0) is 19.3. The number of hydrogen-bond acceptors (Lipinski definition) is 5. The zero-order valence-electron chi connectivity index (χ0n) is 16.4. The molecule has 0 radical (unpaired) electrons. The van der Waals surface area contributed by atoms with Crippen LogP contribution in [0.2, 0.25) is 0 Å². The lowest BCUT2D eigenvalue weighted by Crippen LogP contribution is -2.54. The lowest BCUT2D eigenvalue weighted by atomic mass is 9.95. The Labute approximate surface area is 155 Å². The second-order valence-corrected chi connectivity index (χ2v) is 7.15. The smallest absolute Gasteiger partial charge is 0.302 e. The van der Waals surface area contributed by atoms with Gasteiger partial charge in [-0.15, -0.1) is 0 Å². The van der Waals surface area contributed by atoms with E-state index in [1.807, 2.05) is 44.0 Å². The van der Waals surface area contributed by atoms with Crippen LogP contribution in [-0.4, -0.2) is 44.2 Å². The average molecular weight is 362 g/mol. The Hall–Kier alpha value is -2.24. The summed E-state index contributed by atoms with van der Waals surface area (Å²) in [6, 6.07) is 5.44. The summed E-state index contributed by atoms with van der Waals surface area (Å²) >= 11 is 0. The molecule has 1 aliphatic rings. The Bertz CT molecular complexity index is 645. The normalized spacial score (nSPS) is 20.1. The summed E-state index contributed by atoms with van der Waals surface area (Å²) in [5.41, 5.74) is 2.08. The van der Waals surface area contributed by atoms with E-state index >= 15 is 0 Å². The number of carbonyl (C=O) groups is 2. The van der Waals surface area contributed by atoms with Gasteiger partial charge in [0.1, 0.15) is 18.4 Å². The van der Waals surface area contributed by atoms with E-state index in [1.165, 1.54) is 6.92 Å². The third-order valence-corrected chi connectivity index (χ3v) is 4.53. The Morgan fingerprint density at radius 1 is 1.38 bits per heavy atom. The summed E-state index contributed by atoms with van der Waals surface area (Å²) < 4.78 is 10.9. The fourth-order valence-electron chi connectivity index (χ4n) is 3.35. The molecule has 6 heteroatoms. The minimum absolute atomic E-state index is 0.0508. The van der Waals surface area contributed by atoms with Gasteiger partial charge in [0.05, 0.1) is 12.6 Å². The van der Waals surface area contributed by atoms with E-state index in [-0.39, 0.29) is 36.5 Å². The van der Waals surface area contributed by atoms with Crippen LogP contribution in [0.25, 0.3) is 0 Å². The lowest BCUT2D eigenvalue weighted by molar-refractivity contribution is -0.142. The molecule has 0 aromatic heterocycles. The SMILES string of the molecule is CCCOc1ccc2c(c1)N(C)[C@@H](C(C)C)C(=O)N[C@H](COC(C)=O)C2. The molecule has 26 heavy (non-hydrogen) atoms. The maximum Gasteiger partial charge on any atom is 0.302 e. The molecule has 0 spiro atoms. The van der Waals surface area contributed by atoms with Crippen molar-refractivity contribution in [1.82, 2.24) is 5.32 Å². The molecule has 6 nitrogen and oxygen atoms in total. The van der Waals surface area contributed by atoms with Crippen molar-refractivity contribution in [1.29, 1.82) is 0 Å². The molecule has 1 aromatic rings. The second-order valence-electron chi connectivity index (χ2n) is 7.15. The van der Waals surface area contributed by atoms with Crippen molar-refractivity contribution in [3.05, 3.63) is 23.8 Å². The van der Waals surface area contributed by atoms with E-state index in [0.29, 0.717) is 13.0 Å². The Kier molecular flexibility index (Phi) is 6.89. The summed E-state index contributed by atoms with van der Waals surface area (Å²) in [6.07, 6.45) is 1.53. The summed E-state index contributed by atoms with van der Waals surface area (Å²) in [5, 5.41) is 3.04. The number of benzene rings is 1. The van der Waals surface area contributed by atoms with Gasteiger partial charge in [-0.2, -0.15) is 0 Å². The third-order valence-electron chi connectivity index (χ3n) is 4.53. The van der Waals surface area contributed by atoms with Crippen LogP contribution in [0, 0.1) is 5.92 Å². The van der Waals surface area contributed by atoms with Crippen LogP contribution >= 0.6 is 0 Å². The Balaban J connectivity index is 2.38. The van der Waals surface area contributed by atoms with Crippen LogP contribution in [0.1, 0.15) is 39.7 Å². The zero-order valence-corrected chi connectivity index (χ0v) is 16.4. The number of nitrogens with zero attached hydrogens (tertiary/aromatic N) is 1. The second kappa shape index (κ2) is 8.92. The van der Waals surface area contributed by atoms with Gasteiger partial charge in [0.2, 0.25) is 5.91 Å². The van der Waals surface area contributed by atoms with Crippen LogP contribution in [0.3, 0.4) is 0 Å². The summed E-state index contributed by atoms with van der Waals surface area (Å²) in [4.78, 5) is 26.0. The van der Waals surface area contributed by atoms with E-state index in [2.05, 4.69) is 12.2 Å². The molecule has 0 saturated heterocycles. The predicted molar refractivity (Wildman–Crippen MR) is 102 cm³/mol. The number of hydrogen-bond donors (Lipinski definition) is 1. The third kappa shape index (κ3) is 4.90. The molecule has 1 amide bonds. The molecular weight excluding hydrogens is 332 g/mol. The molecule has 2 atom stereocenters. The van der Waals surface area contributed by atoms with Crippen LogP contribution in [0.15, 0.2) is 18.2 Å². The summed E-state index contributed by atoms with van der Waals surface area (Å²) in [5.74, 6) is 0.533. The summed E-state index contributed by atoms with van der Waals surface area (Å²) in [7, 11) is 1.94. The predicted octanol–water partition coefficient (Wildman–Crippen LogP) is 2.54. The number of amides is 1. The fraction of sp³-hybridized carbons (Fsp3) is 0.600. The van der Waals surface area contributed by atoms with Crippen molar-refractivity contribution in [2.75, 3.05) is 25.2 Å². The first-order chi connectivity index (χ1) is 12.3. The molecule has 1 N–H and O–H groups in total. The Morgan fingerprint density at radius 3 is 2.73 bits per heavy atom. The average Bonchev–Trinajstić information content (AvgIpc) is 2.57. The van der Waals surface area contributed by atoms with Crippen molar-refractivity contribution in [2.45, 2.75) is 52.6 Å². The minimum Gasteiger partial charge on any atom is -0.494 e. The number of esters is 1. The molecule has 2 rings (SSSR count). The molecule has 1 heterocycles. The first-order valence-electron chi connectivity index (χ1n) is 9.25. The molecule has 0 aliphatic carbocycles. The van der Waals surface area contributed by atoms with Crippen molar-refractivity contribution in [2.24, 2.45) is 5.92 Å². The highest BCUT2D eigenvalue weighted by Crippen LogP contribution is 2.31. The highest BCUT2D eigenvalue weighted by molar-refractivity contribution is 5.87. The van der Waals surface area contributed by atoms with Gasteiger partial charge >= 0.3 is 5.97 Å². The fourth-order valence-corrected chi connectivity index (χ4v) is 3.35. The molecule has 0 fully saturated rings. The molecule has 0 saturated carbocycles. The summed E-state index contributed by atoms with van der Waals surface area (Å²) in [6.45, 7) is 8.33. The molecular formula is C20H30N2O4. The first-order valence-corrected chi connectivity index (χ1v) is 9.25. The monoisotopic (exact) mass is 362 g/mol. The molecule has 0 unspecified atom stereocenters. The van der Waals surface area contributed by atoms with E-state index in [0.717, 1.165) is 23.4 Å². The van der Waals surface area contributed by atoms with Gasteiger partial charge in [-0.25, -0.2) is 0 Å². The van der Waals surface area contributed by atoms with Crippen molar-refractivity contribution < 1.29 is 19.1 Å². The van der Waals surface area contributed by atoms with Crippen molar-refractivity contribution >= 4 is 17.6 Å². The van der Waals surface area contributed by atoms with Crippen LogP contribution in [-0.2, 0) is 20.7 Å². The number of fused-ring (bicyclic) bond motifs is 1. The Morgan fingerprint density at radius 2 is 2.12 bits per heavy atom. The van der Waals surface area contributed by atoms with E-state index in [9.17, 15) is 9.59 Å². The van der Waals surface area contributed by atoms with Crippen LogP contribution in [0.4, 0.5) is 5.69 Å². The number of carbonyl (C=O) groups excluding carboxylic acids is 2. The first kappa shape index (κ1) is 20.1. The largest absolute Gasteiger partial charge is 0.494 e. The maximum absolute atomic E-state index is 12.8. The van der Waals surface area contributed by atoms with Gasteiger partial charge in [-0.1, -0.05) is 26.8 Å². The quantitative estimate of drug-likeness (QED) is 0.788. The van der Waals surface area contributed by atoms with E-state index in [4.69, 9.17) is 9.47 Å². The maximum atomic E-state index is 12.8. The standard InChI is InChI=1S/C20H30N2O4/c1-6-9-25-17-8-7-15-10-16(12-26-14(4)23)21-20(24)19(13(2)3)22(5)18(15)11-17/h7-8,11,13,16,19H,6,9-10,12H2,1-5H3,(H,21,24)/t16-,19-/m0/s1. The van der Waals surface area contributed by atoms with Crippen molar-refractivity contribution in [3.8, 4) is 5.75 Å². The highest BCUT2D eigenvalue weighted by Gasteiger charge is 2.32. The van der Waals surface area contributed by atoms with Crippen LogP contribution < -0.4 is 15.0 Å². The van der Waals surface area contributed by atoms with Gasteiger partial charge in [0, 0.05) is 25.7 Å². The molecule has 0 bridgehead atoms. The molecule has 1 aromatic carbocycles. The van der Waals surface area contributed by atoms with Gasteiger partial charge in [0.25, 0.3) is 0 Å². The van der Waals surface area contributed by atoms with E-state index < -0.39 is 0 Å². The number of nitrogens with one attached hydrogen (secondary N) is 1. The van der Waals surface area contributed by atoms with E-state index in [1.54, 1.807) is 0 Å². The van der Waals surface area contributed by atoms with Gasteiger partial charge in [-0.05, 0) is 30.4 Å². The van der Waals surface area contributed by atoms with Crippen molar-refractivity contribution in [3.63, 3.8) is 0 Å². The minimum atomic E-state index is -0.345. The topological polar surface area (TPSA) is 67.9 Å². The molecule has 1 aliphatic heterocycles. The number of likely N-dealkylation sites (N-methyl/N-ethyl adjacent to an activating group) is 1. The highest BCUT2D eigenvalue weighted by atomic mass is 16.5. The lowest BCUT2D eigenvalue weighted by Gasteiger charge is -2.37. The van der Waals surface area contributed by atoms with Gasteiger partial charge < -0.3 is 19.7 Å². The number of anilines is 1. The number of ether oxygens (including phenoxy) is 2. The molecule has 144 valence electrons. The van der Waals surface area contributed by atoms with Gasteiger partial charge in [-0.3, -0.25) is 9.59 Å². The van der Waals surface area contributed by atoms with Crippen LogP contribution in [0.5, 0.6) is 5.75 Å².